The van der Waals surface area contributed by atoms with E-state index in [0.29, 0.717) is 13.1 Å². The highest BCUT2D eigenvalue weighted by atomic mass is 16.2. The lowest BCUT2D eigenvalue weighted by Crippen LogP contribution is -2.39. The predicted molar refractivity (Wildman–Crippen MR) is 81.6 cm³/mol. The molecule has 1 heterocycles. The molecule has 1 amide bonds. The lowest BCUT2D eigenvalue weighted by molar-refractivity contribution is -0.131. The highest BCUT2D eigenvalue weighted by Crippen LogP contribution is 2.07. The molecular formula is C16H25N3O. The number of benzene rings is 1. The van der Waals surface area contributed by atoms with E-state index in [1.807, 2.05) is 18.0 Å². The Morgan fingerprint density at radius 3 is 3.00 bits per heavy atom. The number of hydrogen-bond acceptors (Lipinski definition) is 3. The van der Waals surface area contributed by atoms with Crippen molar-refractivity contribution in [2.24, 2.45) is 0 Å². The van der Waals surface area contributed by atoms with E-state index in [1.54, 1.807) is 0 Å². The van der Waals surface area contributed by atoms with Crippen molar-refractivity contribution >= 4 is 5.91 Å². The van der Waals surface area contributed by atoms with Gasteiger partial charge in [0, 0.05) is 26.7 Å². The van der Waals surface area contributed by atoms with Crippen molar-refractivity contribution in [2.45, 2.75) is 19.9 Å². The van der Waals surface area contributed by atoms with Gasteiger partial charge in [0.2, 0.25) is 5.91 Å². The van der Waals surface area contributed by atoms with Gasteiger partial charge >= 0.3 is 0 Å². The number of aryl methyl sites for hydroxylation is 1. The fraction of sp³-hybridized carbons (Fsp3) is 0.562. The Morgan fingerprint density at radius 1 is 1.35 bits per heavy atom. The minimum Gasteiger partial charge on any atom is -0.340 e. The average Bonchev–Trinajstić information content (AvgIpc) is 2.67. The van der Waals surface area contributed by atoms with Crippen LogP contribution in [0.15, 0.2) is 24.3 Å². The molecule has 0 unspecified atom stereocenters. The fourth-order valence-electron chi connectivity index (χ4n) is 2.54. The van der Waals surface area contributed by atoms with E-state index in [1.165, 1.54) is 11.1 Å². The molecule has 0 aromatic heterocycles. The molecule has 1 aromatic carbocycles. The third-order valence-corrected chi connectivity index (χ3v) is 3.72. The normalized spacial score (nSPS) is 16.7. The van der Waals surface area contributed by atoms with Gasteiger partial charge in [-0.05, 0) is 32.0 Å². The summed E-state index contributed by atoms with van der Waals surface area (Å²) in [7, 11) is 1.89. The summed E-state index contributed by atoms with van der Waals surface area (Å²) in [5.74, 6) is 0.202. The van der Waals surface area contributed by atoms with E-state index < -0.39 is 0 Å². The molecule has 0 bridgehead atoms. The molecule has 1 N–H and O–H groups in total. The zero-order valence-corrected chi connectivity index (χ0v) is 12.6. The van der Waals surface area contributed by atoms with E-state index in [9.17, 15) is 4.79 Å². The van der Waals surface area contributed by atoms with Gasteiger partial charge in [-0.3, -0.25) is 9.69 Å². The van der Waals surface area contributed by atoms with E-state index in [2.05, 4.69) is 35.3 Å². The number of likely N-dealkylation sites (N-methyl/N-ethyl adjacent to an activating group) is 1. The van der Waals surface area contributed by atoms with E-state index in [-0.39, 0.29) is 5.91 Å². The minimum atomic E-state index is 0.202. The zero-order valence-electron chi connectivity index (χ0n) is 12.6. The molecule has 2 rings (SSSR count). The highest BCUT2D eigenvalue weighted by Gasteiger charge is 2.15. The molecule has 110 valence electrons. The smallest absolute Gasteiger partial charge is 0.236 e. The summed E-state index contributed by atoms with van der Waals surface area (Å²) < 4.78 is 0. The van der Waals surface area contributed by atoms with Crippen molar-refractivity contribution in [2.75, 3.05) is 39.8 Å². The summed E-state index contributed by atoms with van der Waals surface area (Å²) in [6, 6.07) is 8.34. The van der Waals surface area contributed by atoms with Crippen molar-refractivity contribution < 1.29 is 4.79 Å². The van der Waals surface area contributed by atoms with Crippen molar-refractivity contribution in [3.8, 4) is 0 Å². The number of nitrogens with one attached hydrogen (secondary N) is 1. The van der Waals surface area contributed by atoms with Crippen LogP contribution < -0.4 is 5.32 Å². The monoisotopic (exact) mass is 275 g/mol. The van der Waals surface area contributed by atoms with E-state index in [0.717, 1.165) is 32.6 Å². The first-order valence-electron chi connectivity index (χ1n) is 7.38. The second-order valence-corrected chi connectivity index (χ2v) is 5.62. The number of hydrogen-bond donors (Lipinski definition) is 1. The number of amides is 1. The zero-order chi connectivity index (χ0) is 14.4. The lowest BCUT2D eigenvalue weighted by atomic mass is 10.1. The largest absolute Gasteiger partial charge is 0.340 e. The Bertz CT molecular complexity index is 439. The third kappa shape index (κ3) is 4.62. The quantitative estimate of drug-likeness (QED) is 0.898. The number of nitrogens with zero attached hydrogens (tertiary/aromatic N) is 2. The molecule has 4 heteroatoms. The second-order valence-electron chi connectivity index (χ2n) is 5.62. The first kappa shape index (κ1) is 15.0. The second kappa shape index (κ2) is 7.41. The van der Waals surface area contributed by atoms with Crippen LogP contribution >= 0.6 is 0 Å². The number of carbonyl (C=O) groups excluding carboxylic acids is 1. The van der Waals surface area contributed by atoms with Gasteiger partial charge in [-0.15, -0.1) is 0 Å². The summed E-state index contributed by atoms with van der Waals surface area (Å²) in [6.45, 7) is 7.31. The van der Waals surface area contributed by atoms with Crippen LogP contribution in [0.2, 0.25) is 0 Å². The Morgan fingerprint density at radius 2 is 2.20 bits per heavy atom. The standard InChI is InChI=1S/C16H25N3O/c1-14-5-3-6-15(11-14)12-18(2)16(20)13-19-9-4-7-17-8-10-19/h3,5-6,11,17H,4,7-10,12-13H2,1-2H3. The van der Waals surface area contributed by atoms with Gasteiger partial charge in [0.15, 0.2) is 0 Å². The molecule has 1 aromatic rings. The maximum Gasteiger partial charge on any atom is 0.236 e. The van der Waals surface area contributed by atoms with Gasteiger partial charge in [0.25, 0.3) is 0 Å². The molecule has 0 aliphatic carbocycles. The van der Waals surface area contributed by atoms with Crippen LogP contribution in [0.4, 0.5) is 0 Å². The summed E-state index contributed by atoms with van der Waals surface area (Å²) in [6.07, 6.45) is 1.12. The molecule has 0 spiro atoms. The van der Waals surface area contributed by atoms with Crippen LogP contribution in [0.25, 0.3) is 0 Å². The number of carbonyl (C=O) groups is 1. The first-order chi connectivity index (χ1) is 9.65. The van der Waals surface area contributed by atoms with Gasteiger partial charge in [-0.2, -0.15) is 0 Å². The van der Waals surface area contributed by atoms with Crippen LogP contribution in [0.1, 0.15) is 17.5 Å². The van der Waals surface area contributed by atoms with Crippen molar-refractivity contribution in [1.29, 1.82) is 0 Å². The third-order valence-electron chi connectivity index (χ3n) is 3.72. The fourth-order valence-corrected chi connectivity index (χ4v) is 2.54. The maximum absolute atomic E-state index is 12.3. The van der Waals surface area contributed by atoms with Crippen molar-refractivity contribution in [3.63, 3.8) is 0 Å². The molecule has 1 aliphatic rings. The topological polar surface area (TPSA) is 35.6 Å². The van der Waals surface area contributed by atoms with Gasteiger partial charge in [0.1, 0.15) is 0 Å². The molecule has 1 saturated heterocycles. The van der Waals surface area contributed by atoms with Crippen molar-refractivity contribution in [3.05, 3.63) is 35.4 Å². The lowest BCUT2D eigenvalue weighted by Gasteiger charge is -2.23. The maximum atomic E-state index is 12.3. The van der Waals surface area contributed by atoms with E-state index in [4.69, 9.17) is 0 Å². The van der Waals surface area contributed by atoms with Crippen LogP contribution in [0, 0.1) is 6.92 Å². The van der Waals surface area contributed by atoms with Gasteiger partial charge in [-0.25, -0.2) is 0 Å². The molecule has 4 nitrogen and oxygen atoms in total. The van der Waals surface area contributed by atoms with Crippen LogP contribution in [-0.4, -0.2) is 55.5 Å². The Kier molecular flexibility index (Phi) is 5.56. The molecule has 0 radical (unpaired) electrons. The van der Waals surface area contributed by atoms with E-state index >= 15 is 0 Å². The Hall–Kier alpha value is -1.39. The van der Waals surface area contributed by atoms with Gasteiger partial charge in [-0.1, -0.05) is 29.8 Å². The van der Waals surface area contributed by atoms with Crippen molar-refractivity contribution in [1.82, 2.24) is 15.1 Å². The molecular weight excluding hydrogens is 250 g/mol. The predicted octanol–water partition coefficient (Wildman–Crippen LogP) is 1.25. The summed E-state index contributed by atoms with van der Waals surface area (Å²) in [5, 5.41) is 3.36. The Balaban J connectivity index is 1.85. The minimum absolute atomic E-state index is 0.202. The number of rotatable bonds is 4. The first-order valence-corrected chi connectivity index (χ1v) is 7.38. The summed E-state index contributed by atoms with van der Waals surface area (Å²) in [4.78, 5) is 16.3. The Labute approximate surface area is 121 Å². The molecule has 0 atom stereocenters. The average molecular weight is 275 g/mol. The molecule has 0 saturated carbocycles. The SMILES string of the molecule is Cc1cccc(CN(C)C(=O)CN2CCCNCC2)c1. The summed E-state index contributed by atoms with van der Waals surface area (Å²) >= 11 is 0. The molecule has 1 fully saturated rings. The molecule has 20 heavy (non-hydrogen) atoms. The van der Waals surface area contributed by atoms with Crippen LogP contribution in [0.5, 0.6) is 0 Å². The van der Waals surface area contributed by atoms with Crippen LogP contribution in [-0.2, 0) is 11.3 Å². The van der Waals surface area contributed by atoms with Crippen LogP contribution in [0.3, 0.4) is 0 Å². The highest BCUT2D eigenvalue weighted by molar-refractivity contribution is 5.78. The summed E-state index contributed by atoms with van der Waals surface area (Å²) in [5.41, 5.74) is 2.43. The van der Waals surface area contributed by atoms with Gasteiger partial charge < -0.3 is 10.2 Å². The van der Waals surface area contributed by atoms with Gasteiger partial charge in [0.05, 0.1) is 6.54 Å². The molecule has 1 aliphatic heterocycles.